The van der Waals surface area contributed by atoms with E-state index in [0.717, 1.165) is 17.7 Å². The van der Waals surface area contributed by atoms with Crippen molar-refractivity contribution in [2.75, 3.05) is 26.2 Å². The number of ether oxygens (including phenoxy) is 1. The fourth-order valence-corrected chi connectivity index (χ4v) is 4.41. The number of amidine groups is 1. The maximum atomic E-state index is 13.4. The molecule has 5 nitrogen and oxygen atoms in total. The topological polar surface area (TPSA) is 45.1 Å². The molecule has 3 aromatic carbocycles. The predicted octanol–water partition coefficient (Wildman–Crippen LogP) is 5.81. The van der Waals surface area contributed by atoms with Crippen LogP contribution in [0.1, 0.15) is 23.1 Å². The fraction of sp³-hybridized carbons (Fsp3) is 0.259. The molecule has 2 aliphatic heterocycles. The second kappa shape index (κ2) is 9.64. The van der Waals surface area contributed by atoms with E-state index < -0.39 is 11.7 Å². The molecule has 5 rings (SSSR count). The van der Waals surface area contributed by atoms with Gasteiger partial charge in [-0.25, -0.2) is 9.38 Å². The second-order valence-corrected chi connectivity index (χ2v) is 8.74. The largest absolute Gasteiger partial charge is 0.454 e. The Bertz CT molecular complexity index is 1310. The van der Waals surface area contributed by atoms with Crippen molar-refractivity contribution in [1.29, 1.82) is 0 Å². The minimum atomic E-state index is -4.50. The number of alkyl halides is 3. The highest BCUT2D eigenvalue weighted by Gasteiger charge is 2.32. The molecule has 0 atom stereocenters. The van der Waals surface area contributed by atoms with Crippen molar-refractivity contribution in [3.05, 3.63) is 89.2 Å². The summed E-state index contributed by atoms with van der Waals surface area (Å²) >= 11 is 0. The number of rotatable bonds is 2. The molecule has 0 unspecified atom stereocenters. The Labute approximate surface area is 205 Å². The number of benzene rings is 3. The average molecular weight is 497 g/mol. The van der Waals surface area contributed by atoms with Gasteiger partial charge in [-0.15, -0.1) is 0 Å². The highest BCUT2D eigenvalue weighted by molar-refractivity contribution is 6.03. The monoisotopic (exact) mass is 497 g/mol. The first kappa shape index (κ1) is 23.8. The van der Waals surface area contributed by atoms with Gasteiger partial charge in [-0.2, -0.15) is 13.2 Å². The van der Waals surface area contributed by atoms with Crippen LogP contribution in [0.15, 0.2) is 71.7 Å². The van der Waals surface area contributed by atoms with Crippen molar-refractivity contribution in [2.45, 2.75) is 19.0 Å². The summed E-state index contributed by atoms with van der Waals surface area (Å²) in [6.07, 6.45) is -3.67. The molecule has 0 radical (unpaired) electrons. The van der Waals surface area contributed by atoms with Crippen molar-refractivity contribution in [1.82, 2.24) is 9.80 Å². The molecule has 0 spiro atoms. The molecule has 9 heteroatoms. The lowest BCUT2D eigenvalue weighted by Gasteiger charge is -2.25. The summed E-state index contributed by atoms with van der Waals surface area (Å²) in [7, 11) is 0. The first-order valence-corrected chi connectivity index (χ1v) is 11.6. The maximum Gasteiger partial charge on any atom is 0.416 e. The van der Waals surface area contributed by atoms with Gasteiger partial charge < -0.3 is 14.5 Å². The molecule has 2 heterocycles. The zero-order valence-electron chi connectivity index (χ0n) is 19.3. The number of para-hydroxylation sites is 1. The van der Waals surface area contributed by atoms with E-state index in [4.69, 9.17) is 4.74 Å². The quantitative estimate of drug-likeness (QED) is 0.420. The van der Waals surface area contributed by atoms with Gasteiger partial charge in [0, 0.05) is 26.2 Å². The highest BCUT2D eigenvalue weighted by atomic mass is 19.4. The second-order valence-electron chi connectivity index (χ2n) is 8.74. The van der Waals surface area contributed by atoms with Crippen LogP contribution in [0, 0.1) is 5.82 Å². The van der Waals surface area contributed by atoms with E-state index in [1.54, 1.807) is 29.2 Å². The van der Waals surface area contributed by atoms with Crippen LogP contribution in [0.4, 0.5) is 23.2 Å². The van der Waals surface area contributed by atoms with Gasteiger partial charge in [0.1, 0.15) is 23.1 Å². The third kappa shape index (κ3) is 5.05. The number of halogens is 4. The number of nitrogens with zero attached hydrogens (tertiary/aromatic N) is 3. The SMILES string of the molecule is O=C(Cc1ccc(F)cc1)N1CCCN(C2=Nc3cc(C(F)(F)F)ccc3Oc3ccccc32)CC1. The van der Waals surface area contributed by atoms with Crippen LogP contribution >= 0.6 is 0 Å². The van der Waals surface area contributed by atoms with Gasteiger partial charge in [0.15, 0.2) is 5.75 Å². The minimum Gasteiger partial charge on any atom is -0.454 e. The molecule has 0 saturated carbocycles. The molecule has 36 heavy (non-hydrogen) atoms. The summed E-state index contributed by atoms with van der Waals surface area (Å²) in [5.74, 6) is 0.847. The molecule has 2 aliphatic rings. The first-order valence-electron chi connectivity index (χ1n) is 11.6. The third-order valence-electron chi connectivity index (χ3n) is 6.28. The maximum absolute atomic E-state index is 13.4. The summed E-state index contributed by atoms with van der Waals surface area (Å²) in [5, 5.41) is 0. The molecule has 1 saturated heterocycles. The van der Waals surface area contributed by atoms with E-state index in [0.29, 0.717) is 49.7 Å². The van der Waals surface area contributed by atoms with Crippen molar-refractivity contribution < 1.29 is 27.1 Å². The van der Waals surface area contributed by atoms with E-state index in [2.05, 4.69) is 4.99 Å². The molecule has 1 fully saturated rings. The lowest BCUT2D eigenvalue weighted by Crippen LogP contribution is -2.38. The lowest BCUT2D eigenvalue weighted by molar-refractivity contribution is -0.137. The molecule has 3 aromatic rings. The Morgan fingerprint density at radius 3 is 2.47 bits per heavy atom. The van der Waals surface area contributed by atoms with Crippen LogP contribution in [0.5, 0.6) is 11.5 Å². The van der Waals surface area contributed by atoms with Gasteiger partial charge in [-0.3, -0.25) is 4.79 Å². The first-order chi connectivity index (χ1) is 17.3. The highest BCUT2D eigenvalue weighted by Crippen LogP contribution is 2.41. The normalized spacial score (nSPS) is 15.7. The Balaban J connectivity index is 1.41. The molecule has 0 N–H and O–H groups in total. The number of amides is 1. The molecular weight excluding hydrogens is 474 g/mol. The summed E-state index contributed by atoms with van der Waals surface area (Å²) in [5.41, 5.74) is 0.712. The van der Waals surface area contributed by atoms with Crippen molar-refractivity contribution in [2.24, 2.45) is 4.99 Å². The summed E-state index contributed by atoms with van der Waals surface area (Å²) < 4.78 is 59.2. The van der Waals surface area contributed by atoms with E-state index >= 15 is 0 Å². The lowest BCUT2D eigenvalue weighted by atomic mass is 10.1. The standard InChI is InChI=1S/C27H23F4N3O2/c28-20-9-6-18(7-10-20)16-25(35)33-12-3-13-34(15-14-33)26-21-4-1-2-5-23(21)36-24-11-8-19(27(29,30)31)17-22(24)32-26/h1-2,4-11,17H,3,12-16H2. The smallest absolute Gasteiger partial charge is 0.416 e. The molecule has 0 bridgehead atoms. The molecule has 186 valence electrons. The van der Waals surface area contributed by atoms with Crippen LogP contribution in [0.25, 0.3) is 0 Å². The third-order valence-corrected chi connectivity index (χ3v) is 6.28. The van der Waals surface area contributed by atoms with Crippen molar-refractivity contribution >= 4 is 17.4 Å². The number of aliphatic imine (C=N–C) groups is 1. The Kier molecular flexibility index (Phi) is 6.38. The molecule has 0 aromatic heterocycles. The number of hydrogen-bond acceptors (Lipinski definition) is 4. The summed E-state index contributed by atoms with van der Waals surface area (Å²) in [6.45, 7) is 1.99. The predicted molar refractivity (Wildman–Crippen MR) is 127 cm³/mol. The van der Waals surface area contributed by atoms with Gasteiger partial charge >= 0.3 is 6.18 Å². The van der Waals surface area contributed by atoms with Gasteiger partial charge in [-0.05, 0) is 54.4 Å². The summed E-state index contributed by atoms with van der Waals surface area (Å²) in [4.78, 5) is 21.3. The van der Waals surface area contributed by atoms with Crippen molar-refractivity contribution in [3.63, 3.8) is 0 Å². The van der Waals surface area contributed by atoms with E-state index in [1.807, 2.05) is 17.0 Å². The van der Waals surface area contributed by atoms with E-state index in [1.165, 1.54) is 18.2 Å². The zero-order chi connectivity index (χ0) is 25.3. The van der Waals surface area contributed by atoms with Crippen molar-refractivity contribution in [3.8, 4) is 11.5 Å². The Morgan fingerprint density at radius 2 is 1.69 bits per heavy atom. The van der Waals surface area contributed by atoms with Crippen LogP contribution in [0.3, 0.4) is 0 Å². The zero-order valence-corrected chi connectivity index (χ0v) is 19.3. The van der Waals surface area contributed by atoms with Crippen LogP contribution < -0.4 is 4.74 Å². The average Bonchev–Trinajstić information content (AvgIpc) is 3.19. The minimum absolute atomic E-state index is 0.0600. The van der Waals surface area contributed by atoms with Gasteiger partial charge in [-0.1, -0.05) is 24.3 Å². The number of fused-ring (bicyclic) bond motifs is 2. The van der Waals surface area contributed by atoms with E-state index in [-0.39, 0.29) is 29.6 Å². The fourth-order valence-electron chi connectivity index (χ4n) is 4.41. The Hall–Kier alpha value is -3.88. The van der Waals surface area contributed by atoms with Gasteiger partial charge in [0.25, 0.3) is 0 Å². The molecule has 0 aliphatic carbocycles. The Morgan fingerprint density at radius 1 is 0.917 bits per heavy atom. The molecular formula is C27H23F4N3O2. The number of hydrogen-bond donors (Lipinski definition) is 0. The van der Waals surface area contributed by atoms with Crippen LogP contribution in [-0.2, 0) is 17.4 Å². The van der Waals surface area contributed by atoms with Gasteiger partial charge in [0.05, 0.1) is 17.5 Å². The molecule has 1 amide bonds. The van der Waals surface area contributed by atoms with Gasteiger partial charge in [0.2, 0.25) is 5.91 Å². The van der Waals surface area contributed by atoms with Crippen LogP contribution in [0.2, 0.25) is 0 Å². The van der Waals surface area contributed by atoms with Crippen LogP contribution in [-0.4, -0.2) is 47.7 Å². The number of carbonyl (C=O) groups excluding carboxylic acids is 1. The summed E-state index contributed by atoms with van der Waals surface area (Å²) in [6, 6.07) is 16.3. The number of carbonyl (C=O) groups is 1. The van der Waals surface area contributed by atoms with E-state index in [9.17, 15) is 22.4 Å².